The highest BCUT2D eigenvalue weighted by Crippen LogP contribution is 2.34. The van der Waals surface area contributed by atoms with Crippen molar-refractivity contribution >= 4 is 11.4 Å². The number of rotatable bonds is 4. The van der Waals surface area contributed by atoms with Gasteiger partial charge in [-0.05, 0) is 49.4 Å². The van der Waals surface area contributed by atoms with Gasteiger partial charge in [-0.1, -0.05) is 36.4 Å². The molecule has 0 fully saturated rings. The Kier molecular flexibility index (Phi) is 4.14. The Balaban J connectivity index is 1.84. The van der Waals surface area contributed by atoms with E-state index >= 15 is 0 Å². The molecule has 2 N–H and O–H groups in total. The number of benzene rings is 2. The van der Waals surface area contributed by atoms with E-state index in [2.05, 4.69) is 48.2 Å². The van der Waals surface area contributed by atoms with Crippen LogP contribution in [0.1, 0.15) is 36.8 Å². The van der Waals surface area contributed by atoms with Crippen molar-refractivity contribution < 1.29 is 0 Å². The smallest absolute Gasteiger partial charge is 0.0600 e. The lowest BCUT2D eigenvalue weighted by atomic mass is 9.82. The molecule has 1 atom stereocenters. The van der Waals surface area contributed by atoms with Gasteiger partial charge in [-0.25, -0.2) is 0 Å². The standard InChI is InChI=1S/C19H24N2/c1-2-21(19-13-6-5-12-18(19)20)14-16-10-7-9-15-8-3-4-11-17(15)16/h3-6,8,11-13,16H,2,7,9-10,14,20H2,1H3. The maximum Gasteiger partial charge on any atom is 0.0600 e. The molecule has 2 nitrogen and oxygen atoms in total. The first-order chi connectivity index (χ1) is 10.3. The van der Waals surface area contributed by atoms with Gasteiger partial charge in [-0.3, -0.25) is 0 Å². The molecule has 1 aliphatic carbocycles. The quantitative estimate of drug-likeness (QED) is 0.850. The lowest BCUT2D eigenvalue weighted by Gasteiger charge is -2.32. The molecular formula is C19H24N2. The van der Waals surface area contributed by atoms with Crippen LogP contribution in [0.2, 0.25) is 0 Å². The van der Waals surface area contributed by atoms with Crippen molar-refractivity contribution in [3.8, 4) is 0 Å². The van der Waals surface area contributed by atoms with Crippen molar-refractivity contribution in [2.75, 3.05) is 23.7 Å². The second kappa shape index (κ2) is 6.21. The number of para-hydroxylation sites is 2. The summed E-state index contributed by atoms with van der Waals surface area (Å²) in [5.74, 6) is 0.620. The Labute approximate surface area is 127 Å². The lowest BCUT2D eigenvalue weighted by molar-refractivity contribution is 0.543. The average Bonchev–Trinajstić information content (AvgIpc) is 2.53. The minimum atomic E-state index is 0.620. The summed E-state index contributed by atoms with van der Waals surface area (Å²) in [6, 6.07) is 17.1. The number of hydrogen-bond donors (Lipinski definition) is 1. The van der Waals surface area contributed by atoms with Crippen molar-refractivity contribution in [2.24, 2.45) is 0 Å². The molecular weight excluding hydrogens is 256 g/mol. The van der Waals surface area contributed by atoms with Crippen LogP contribution in [0.15, 0.2) is 48.5 Å². The summed E-state index contributed by atoms with van der Waals surface area (Å²) in [5, 5.41) is 0. The Morgan fingerprint density at radius 3 is 2.67 bits per heavy atom. The molecule has 0 spiro atoms. The molecule has 3 rings (SSSR count). The molecule has 0 aromatic heterocycles. The molecule has 0 bridgehead atoms. The molecule has 0 radical (unpaired) electrons. The summed E-state index contributed by atoms with van der Waals surface area (Å²) >= 11 is 0. The van der Waals surface area contributed by atoms with E-state index in [1.54, 1.807) is 0 Å². The van der Waals surface area contributed by atoms with Crippen LogP contribution in [0.3, 0.4) is 0 Å². The summed E-state index contributed by atoms with van der Waals surface area (Å²) in [4.78, 5) is 2.42. The van der Waals surface area contributed by atoms with Gasteiger partial charge in [0.05, 0.1) is 11.4 Å². The fraction of sp³-hybridized carbons (Fsp3) is 0.368. The first-order valence-corrected chi connectivity index (χ1v) is 7.97. The van der Waals surface area contributed by atoms with E-state index in [0.29, 0.717) is 5.92 Å². The molecule has 1 unspecified atom stereocenters. The summed E-state index contributed by atoms with van der Waals surface area (Å²) in [7, 11) is 0. The van der Waals surface area contributed by atoms with Gasteiger partial charge in [0, 0.05) is 19.0 Å². The van der Waals surface area contributed by atoms with E-state index < -0.39 is 0 Å². The van der Waals surface area contributed by atoms with Crippen LogP contribution in [0, 0.1) is 0 Å². The highest BCUT2D eigenvalue weighted by molar-refractivity contribution is 5.67. The predicted molar refractivity (Wildman–Crippen MR) is 90.9 cm³/mol. The molecule has 21 heavy (non-hydrogen) atoms. The molecule has 2 heteroatoms. The fourth-order valence-corrected chi connectivity index (χ4v) is 3.48. The molecule has 0 saturated heterocycles. The molecule has 0 amide bonds. The van der Waals surface area contributed by atoms with Crippen LogP contribution in [0.5, 0.6) is 0 Å². The van der Waals surface area contributed by atoms with Crippen LogP contribution in [0.4, 0.5) is 11.4 Å². The average molecular weight is 280 g/mol. The zero-order valence-corrected chi connectivity index (χ0v) is 12.8. The molecule has 0 saturated carbocycles. The van der Waals surface area contributed by atoms with Crippen LogP contribution < -0.4 is 10.6 Å². The molecule has 1 aliphatic rings. The summed E-state index contributed by atoms with van der Waals surface area (Å²) < 4.78 is 0. The molecule has 2 aromatic carbocycles. The normalized spacial score (nSPS) is 17.3. The van der Waals surface area contributed by atoms with Crippen LogP contribution in [-0.4, -0.2) is 13.1 Å². The third-order valence-corrected chi connectivity index (χ3v) is 4.59. The second-order valence-electron chi connectivity index (χ2n) is 5.89. The highest BCUT2D eigenvalue weighted by Gasteiger charge is 2.22. The van der Waals surface area contributed by atoms with E-state index in [4.69, 9.17) is 5.73 Å². The summed E-state index contributed by atoms with van der Waals surface area (Å²) in [6.45, 7) is 4.26. The van der Waals surface area contributed by atoms with Gasteiger partial charge in [-0.2, -0.15) is 0 Å². The summed E-state index contributed by atoms with van der Waals surface area (Å²) in [6.07, 6.45) is 3.80. The Morgan fingerprint density at radius 1 is 1.10 bits per heavy atom. The third-order valence-electron chi connectivity index (χ3n) is 4.59. The van der Waals surface area contributed by atoms with Gasteiger partial charge in [-0.15, -0.1) is 0 Å². The number of hydrogen-bond acceptors (Lipinski definition) is 2. The Morgan fingerprint density at radius 2 is 1.86 bits per heavy atom. The minimum absolute atomic E-state index is 0.620. The van der Waals surface area contributed by atoms with Gasteiger partial charge in [0.2, 0.25) is 0 Å². The highest BCUT2D eigenvalue weighted by atomic mass is 15.1. The van der Waals surface area contributed by atoms with E-state index in [1.165, 1.54) is 36.1 Å². The SMILES string of the molecule is CCN(CC1CCCc2ccccc21)c1ccccc1N. The van der Waals surface area contributed by atoms with Gasteiger partial charge in [0.1, 0.15) is 0 Å². The van der Waals surface area contributed by atoms with Crippen LogP contribution >= 0.6 is 0 Å². The maximum absolute atomic E-state index is 6.16. The third kappa shape index (κ3) is 2.90. The van der Waals surface area contributed by atoms with Crippen molar-refractivity contribution in [3.63, 3.8) is 0 Å². The zero-order chi connectivity index (χ0) is 14.7. The largest absolute Gasteiger partial charge is 0.397 e. The number of likely N-dealkylation sites (N-methyl/N-ethyl adjacent to an activating group) is 1. The number of fused-ring (bicyclic) bond motifs is 1. The van der Waals surface area contributed by atoms with Crippen molar-refractivity contribution in [2.45, 2.75) is 32.1 Å². The van der Waals surface area contributed by atoms with Crippen LogP contribution in [0.25, 0.3) is 0 Å². The molecule has 2 aromatic rings. The number of nitrogen functional groups attached to an aromatic ring is 1. The van der Waals surface area contributed by atoms with Crippen molar-refractivity contribution in [1.82, 2.24) is 0 Å². The number of aryl methyl sites for hydroxylation is 1. The van der Waals surface area contributed by atoms with E-state index in [-0.39, 0.29) is 0 Å². The van der Waals surface area contributed by atoms with Gasteiger partial charge >= 0.3 is 0 Å². The topological polar surface area (TPSA) is 29.3 Å². The maximum atomic E-state index is 6.16. The number of nitrogens with two attached hydrogens (primary N) is 1. The van der Waals surface area contributed by atoms with E-state index in [9.17, 15) is 0 Å². The fourth-order valence-electron chi connectivity index (χ4n) is 3.48. The number of nitrogens with zero attached hydrogens (tertiary/aromatic N) is 1. The first kappa shape index (κ1) is 14.0. The van der Waals surface area contributed by atoms with Gasteiger partial charge in [0.15, 0.2) is 0 Å². The van der Waals surface area contributed by atoms with Crippen LogP contribution in [-0.2, 0) is 6.42 Å². The summed E-state index contributed by atoms with van der Waals surface area (Å²) in [5.41, 5.74) is 11.3. The predicted octanol–water partition coefficient (Wildman–Crippen LogP) is 4.22. The van der Waals surface area contributed by atoms with E-state index in [1.807, 2.05) is 12.1 Å². The van der Waals surface area contributed by atoms with Crippen molar-refractivity contribution in [3.05, 3.63) is 59.7 Å². The zero-order valence-electron chi connectivity index (χ0n) is 12.8. The first-order valence-electron chi connectivity index (χ1n) is 7.97. The lowest BCUT2D eigenvalue weighted by Crippen LogP contribution is -2.30. The minimum Gasteiger partial charge on any atom is -0.397 e. The van der Waals surface area contributed by atoms with Gasteiger partial charge in [0.25, 0.3) is 0 Å². The second-order valence-corrected chi connectivity index (χ2v) is 5.89. The number of anilines is 2. The van der Waals surface area contributed by atoms with Gasteiger partial charge < -0.3 is 10.6 Å². The molecule has 0 heterocycles. The Bertz CT molecular complexity index is 606. The molecule has 0 aliphatic heterocycles. The van der Waals surface area contributed by atoms with E-state index in [0.717, 1.165) is 18.8 Å². The molecule has 110 valence electrons. The monoisotopic (exact) mass is 280 g/mol. The Hall–Kier alpha value is -1.96. The van der Waals surface area contributed by atoms with Crippen molar-refractivity contribution in [1.29, 1.82) is 0 Å².